The van der Waals surface area contributed by atoms with E-state index in [4.69, 9.17) is 1.37 Å². The van der Waals surface area contributed by atoms with Gasteiger partial charge in [-0.15, -0.1) is 0 Å². The Balaban J connectivity index is 1.67. The molecule has 1 heteroatoms. The summed E-state index contributed by atoms with van der Waals surface area (Å²) >= 11 is 0. The second kappa shape index (κ2) is 7.22. The zero-order valence-electron chi connectivity index (χ0n) is 20.4. The maximum Gasteiger partial charge on any atom is 0.220 e. The van der Waals surface area contributed by atoms with Gasteiger partial charge >= 0.3 is 0 Å². The van der Waals surface area contributed by atoms with Crippen molar-refractivity contribution < 1.29 is 5.94 Å². The van der Waals surface area contributed by atoms with Crippen molar-refractivity contribution in [2.24, 2.45) is 12.5 Å². The van der Waals surface area contributed by atoms with Crippen molar-refractivity contribution in [2.45, 2.75) is 78.6 Å². The first-order valence-corrected chi connectivity index (χ1v) is 11.8. The number of rotatable bonds is 2. The minimum Gasteiger partial charge on any atom is -0.198 e. The van der Waals surface area contributed by atoms with Crippen LogP contribution < -0.4 is 4.57 Å². The van der Waals surface area contributed by atoms with Gasteiger partial charge in [0.25, 0.3) is 0 Å². The Kier molecular flexibility index (Phi) is 4.48. The summed E-state index contributed by atoms with van der Waals surface area (Å²) in [5, 5.41) is 2.34. The van der Waals surface area contributed by atoms with E-state index in [1.807, 2.05) is 0 Å². The Morgan fingerprint density at radius 2 is 1.70 bits per heavy atom. The van der Waals surface area contributed by atoms with E-state index in [1.54, 1.807) is 0 Å². The van der Waals surface area contributed by atoms with Gasteiger partial charge in [0.1, 0.15) is 7.05 Å². The highest BCUT2D eigenvalue weighted by Crippen LogP contribution is 2.43. The minimum atomic E-state index is 0.483. The SMILES string of the molecule is [2H]c1c(C)[n+](C)c(-c2cc3c(cc2C)CCC3)c2ccc(C3CCC(C)(C)CC3)cc12. The van der Waals surface area contributed by atoms with Gasteiger partial charge in [0.15, 0.2) is 5.69 Å². The zero-order chi connectivity index (χ0) is 21.9. The average molecular weight is 400 g/mol. The van der Waals surface area contributed by atoms with Gasteiger partial charge in [-0.25, -0.2) is 0 Å². The fraction of sp³-hybridized carbons (Fsp3) is 0.483. The number of aryl methyl sites for hydroxylation is 3. The van der Waals surface area contributed by atoms with Crippen molar-refractivity contribution in [3.63, 3.8) is 0 Å². The van der Waals surface area contributed by atoms with E-state index in [0.717, 1.165) is 11.1 Å². The summed E-state index contributed by atoms with van der Waals surface area (Å²) in [6, 6.07) is 12.5. The van der Waals surface area contributed by atoms with Crippen LogP contribution in [0.3, 0.4) is 0 Å². The van der Waals surface area contributed by atoms with Gasteiger partial charge in [-0.05, 0) is 103 Å². The van der Waals surface area contributed by atoms with Gasteiger partial charge in [0.05, 0.1) is 12.3 Å². The first-order valence-electron chi connectivity index (χ1n) is 12.3. The number of benzene rings is 2. The van der Waals surface area contributed by atoms with Gasteiger partial charge in [-0.3, -0.25) is 0 Å². The van der Waals surface area contributed by atoms with Crippen molar-refractivity contribution in [1.82, 2.24) is 0 Å². The summed E-state index contributed by atoms with van der Waals surface area (Å²) in [6.45, 7) is 9.16. The number of aromatic nitrogens is 1. The standard InChI is InChI=1S/C29H36N/c1-19-15-22-7-6-8-23(22)18-27(19)28-26-10-9-24(17-25(26)16-20(2)30(28)5)21-11-13-29(3,4)14-12-21/h9-10,15-18,21H,6-8,11-14H2,1-5H3/q+1/i16D. The summed E-state index contributed by atoms with van der Waals surface area (Å²) in [7, 11) is 2.13. The molecule has 5 rings (SSSR count). The van der Waals surface area contributed by atoms with Crippen LogP contribution in [0, 0.1) is 19.3 Å². The molecule has 1 aromatic heterocycles. The predicted molar refractivity (Wildman–Crippen MR) is 127 cm³/mol. The van der Waals surface area contributed by atoms with Crippen LogP contribution in [0.25, 0.3) is 22.0 Å². The van der Waals surface area contributed by atoms with Gasteiger partial charge in [-0.2, -0.15) is 4.57 Å². The van der Waals surface area contributed by atoms with Crippen LogP contribution in [0.1, 0.15) is 81.2 Å². The molecule has 0 saturated heterocycles. The van der Waals surface area contributed by atoms with Crippen LogP contribution in [0.5, 0.6) is 0 Å². The van der Waals surface area contributed by atoms with Crippen LogP contribution >= 0.6 is 0 Å². The van der Waals surface area contributed by atoms with Crippen molar-refractivity contribution in [2.75, 3.05) is 0 Å². The Labute approximate surface area is 183 Å². The quantitative estimate of drug-likeness (QED) is 0.404. The second-order valence-corrected chi connectivity index (χ2v) is 10.7. The third-order valence-electron chi connectivity index (χ3n) is 7.96. The van der Waals surface area contributed by atoms with E-state index in [2.05, 4.69) is 69.6 Å². The second-order valence-electron chi connectivity index (χ2n) is 10.7. The lowest BCUT2D eigenvalue weighted by Crippen LogP contribution is -2.35. The average Bonchev–Trinajstić information content (AvgIpc) is 3.19. The molecular formula is C29H36N+. The molecule has 2 aliphatic carbocycles. The molecule has 3 aromatic rings. The highest BCUT2D eigenvalue weighted by atomic mass is 14.9. The van der Waals surface area contributed by atoms with Crippen molar-refractivity contribution in [3.8, 4) is 11.3 Å². The smallest absolute Gasteiger partial charge is 0.198 e. The number of fused-ring (bicyclic) bond motifs is 2. The highest BCUT2D eigenvalue weighted by Gasteiger charge is 2.28. The summed E-state index contributed by atoms with van der Waals surface area (Å²) < 4.78 is 11.2. The molecule has 0 aliphatic heterocycles. The number of nitrogens with zero attached hydrogens (tertiary/aromatic N) is 1. The van der Waals surface area contributed by atoms with E-state index in [-0.39, 0.29) is 0 Å². The summed E-state index contributed by atoms with van der Waals surface area (Å²) in [5.41, 5.74) is 9.97. The fourth-order valence-electron chi connectivity index (χ4n) is 5.81. The van der Waals surface area contributed by atoms with E-state index in [9.17, 15) is 0 Å². The van der Waals surface area contributed by atoms with Crippen molar-refractivity contribution >= 4 is 10.8 Å². The van der Waals surface area contributed by atoms with E-state index in [0.29, 0.717) is 17.4 Å². The maximum absolute atomic E-state index is 8.92. The molecule has 0 N–H and O–H groups in total. The van der Waals surface area contributed by atoms with Crippen LogP contribution in [0.15, 0.2) is 36.4 Å². The first kappa shape index (κ1) is 18.6. The molecule has 0 atom stereocenters. The summed E-state index contributed by atoms with van der Waals surface area (Å²) in [5.74, 6) is 0.635. The Morgan fingerprint density at radius 3 is 2.43 bits per heavy atom. The maximum atomic E-state index is 8.92. The lowest BCUT2D eigenvalue weighted by Gasteiger charge is -2.34. The lowest BCUT2D eigenvalue weighted by molar-refractivity contribution is -0.665. The van der Waals surface area contributed by atoms with Crippen molar-refractivity contribution in [1.29, 1.82) is 0 Å². The van der Waals surface area contributed by atoms with Crippen LogP contribution in [-0.2, 0) is 19.9 Å². The molecule has 0 bridgehead atoms. The van der Waals surface area contributed by atoms with Crippen LogP contribution in [0.4, 0.5) is 0 Å². The molecule has 1 saturated carbocycles. The molecule has 0 amide bonds. The molecule has 0 spiro atoms. The minimum absolute atomic E-state index is 0.483. The molecule has 30 heavy (non-hydrogen) atoms. The summed E-state index contributed by atoms with van der Waals surface area (Å²) in [4.78, 5) is 0. The Hall–Kier alpha value is -2.15. The fourth-order valence-corrected chi connectivity index (χ4v) is 5.81. The zero-order valence-corrected chi connectivity index (χ0v) is 19.4. The largest absolute Gasteiger partial charge is 0.220 e. The number of pyridine rings is 1. The third kappa shape index (κ3) is 3.37. The van der Waals surface area contributed by atoms with Gasteiger partial charge in [0, 0.05) is 13.0 Å². The highest BCUT2D eigenvalue weighted by molar-refractivity contribution is 5.94. The number of hydrogen-bond donors (Lipinski definition) is 0. The molecule has 0 unspecified atom stereocenters. The molecule has 1 fully saturated rings. The molecule has 156 valence electrons. The summed E-state index contributed by atoms with van der Waals surface area (Å²) in [6.07, 6.45) is 8.82. The van der Waals surface area contributed by atoms with E-state index < -0.39 is 0 Å². The third-order valence-corrected chi connectivity index (χ3v) is 7.96. The Morgan fingerprint density at radius 1 is 1.00 bits per heavy atom. The molecule has 0 radical (unpaired) electrons. The van der Waals surface area contributed by atoms with Crippen LogP contribution in [-0.4, -0.2) is 0 Å². The van der Waals surface area contributed by atoms with Crippen molar-refractivity contribution in [3.05, 3.63) is 64.3 Å². The topological polar surface area (TPSA) is 3.88 Å². The first-order chi connectivity index (χ1) is 14.7. The Bertz CT molecular complexity index is 1180. The predicted octanol–water partition coefficient (Wildman–Crippen LogP) is 7.12. The molecule has 2 aliphatic rings. The van der Waals surface area contributed by atoms with Gasteiger partial charge in [-0.1, -0.05) is 32.0 Å². The molecule has 2 aromatic carbocycles. The van der Waals surface area contributed by atoms with E-state index in [1.165, 1.54) is 83.8 Å². The van der Waals surface area contributed by atoms with Gasteiger partial charge in [0.2, 0.25) is 5.69 Å². The number of hydrogen-bond acceptors (Lipinski definition) is 0. The molecular weight excluding hydrogens is 362 g/mol. The molecule has 1 nitrogen and oxygen atoms in total. The van der Waals surface area contributed by atoms with Gasteiger partial charge < -0.3 is 0 Å². The lowest BCUT2D eigenvalue weighted by atomic mass is 9.71. The monoisotopic (exact) mass is 399 g/mol. The molecule has 1 heterocycles. The van der Waals surface area contributed by atoms with Crippen LogP contribution in [0.2, 0.25) is 0 Å². The van der Waals surface area contributed by atoms with E-state index >= 15 is 0 Å². The normalized spacial score (nSPS) is 19.2.